The summed E-state index contributed by atoms with van der Waals surface area (Å²) in [4.78, 5) is 4.47. The lowest BCUT2D eigenvalue weighted by atomic mass is 9.85. The number of aliphatic imine (C=N–C) groups is 1. The topological polar surface area (TPSA) is 59.6 Å². The third-order valence-electron chi connectivity index (χ3n) is 4.65. The number of halogens is 1. The van der Waals surface area contributed by atoms with Gasteiger partial charge in [0.25, 0.3) is 0 Å². The molecule has 20 heavy (non-hydrogen) atoms. The first-order valence-corrected chi connectivity index (χ1v) is 7.87. The first-order valence-electron chi connectivity index (χ1n) is 7.87. The van der Waals surface area contributed by atoms with Gasteiger partial charge in [0.05, 0.1) is 6.10 Å². The van der Waals surface area contributed by atoms with Crippen molar-refractivity contribution >= 4 is 29.9 Å². The molecule has 118 valence electrons. The van der Waals surface area contributed by atoms with Crippen LogP contribution in [0.25, 0.3) is 0 Å². The highest BCUT2D eigenvalue weighted by Gasteiger charge is 2.20. The number of methoxy groups -OCH3 is 1. The van der Waals surface area contributed by atoms with Gasteiger partial charge in [0.15, 0.2) is 5.96 Å². The van der Waals surface area contributed by atoms with Crippen LogP contribution >= 0.6 is 24.0 Å². The summed E-state index contributed by atoms with van der Waals surface area (Å²) in [5.74, 6) is 1.46. The maximum Gasteiger partial charge on any atom is 0.188 e. The molecule has 0 unspecified atom stereocenters. The molecule has 0 radical (unpaired) electrons. The molecule has 0 spiro atoms. The Morgan fingerprint density at radius 3 is 2.40 bits per heavy atom. The molecular weight excluding hydrogens is 365 g/mol. The zero-order valence-electron chi connectivity index (χ0n) is 12.6. The molecule has 2 rings (SSSR count). The Morgan fingerprint density at radius 2 is 1.80 bits per heavy atom. The Balaban J connectivity index is 0.00000200. The van der Waals surface area contributed by atoms with Crippen molar-refractivity contribution in [3.63, 3.8) is 0 Å². The maximum atomic E-state index is 5.93. The van der Waals surface area contributed by atoms with Crippen LogP contribution < -0.4 is 11.1 Å². The second-order valence-electron chi connectivity index (χ2n) is 6.06. The molecule has 0 aromatic heterocycles. The standard InChI is InChI=1S/C15H29N3O.HI/c1-19-14-8-6-12(7-9-14)10-11-17-15(16)18-13-4-2-3-5-13;/h12-14H,2-11H2,1H3,(H3,16,17,18);1H. The van der Waals surface area contributed by atoms with Crippen LogP contribution in [0.5, 0.6) is 0 Å². The number of ether oxygens (including phenoxy) is 1. The molecule has 0 saturated heterocycles. The molecule has 0 aliphatic heterocycles. The molecule has 0 aromatic rings. The van der Waals surface area contributed by atoms with Crippen molar-refractivity contribution in [2.24, 2.45) is 16.6 Å². The second-order valence-corrected chi connectivity index (χ2v) is 6.06. The number of hydrogen-bond donors (Lipinski definition) is 2. The highest BCUT2D eigenvalue weighted by atomic mass is 127. The summed E-state index contributed by atoms with van der Waals surface area (Å²) in [6.07, 6.45) is 11.8. The van der Waals surface area contributed by atoms with Gasteiger partial charge < -0.3 is 15.8 Å². The van der Waals surface area contributed by atoms with Crippen LogP contribution in [0.3, 0.4) is 0 Å². The minimum atomic E-state index is 0. The van der Waals surface area contributed by atoms with Crippen molar-refractivity contribution in [2.75, 3.05) is 13.7 Å². The molecule has 4 nitrogen and oxygen atoms in total. The highest BCUT2D eigenvalue weighted by Crippen LogP contribution is 2.28. The van der Waals surface area contributed by atoms with Crippen molar-refractivity contribution in [1.82, 2.24) is 5.32 Å². The summed E-state index contributed by atoms with van der Waals surface area (Å²) < 4.78 is 5.40. The van der Waals surface area contributed by atoms with Crippen molar-refractivity contribution in [2.45, 2.75) is 69.9 Å². The average molecular weight is 395 g/mol. The van der Waals surface area contributed by atoms with E-state index in [4.69, 9.17) is 10.5 Å². The van der Waals surface area contributed by atoms with Crippen molar-refractivity contribution in [3.8, 4) is 0 Å². The molecule has 2 aliphatic rings. The third kappa shape index (κ3) is 6.16. The minimum Gasteiger partial charge on any atom is -0.381 e. The predicted molar refractivity (Wildman–Crippen MR) is 94.7 cm³/mol. The zero-order valence-corrected chi connectivity index (χ0v) is 15.0. The smallest absolute Gasteiger partial charge is 0.188 e. The molecule has 2 saturated carbocycles. The van der Waals surface area contributed by atoms with Crippen LogP contribution in [0.1, 0.15) is 57.8 Å². The van der Waals surface area contributed by atoms with Gasteiger partial charge >= 0.3 is 0 Å². The molecule has 2 aliphatic carbocycles. The molecule has 3 N–H and O–H groups in total. The molecule has 0 heterocycles. The van der Waals surface area contributed by atoms with E-state index in [0.717, 1.165) is 12.5 Å². The zero-order chi connectivity index (χ0) is 13.5. The minimum absolute atomic E-state index is 0. The number of nitrogens with one attached hydrogen (secondary N) is 1. The normalized spacial score (nSPS) is 28.1. The summed E-state index contributed by atoms with van der Waals surface area (Å²) in [6.45, 7) is 0.869. The van der Waals surface area contributed by atoms with E-state index in [-0.39, 0.29) is 24.0 Å². The fourth-order valence-electron chi connectivity index (χ4n) is 3.35. The van der Waals surface area contributed by atoms with E-state index in [0.29, 0.717) is 18.1 Å². The molecular formula is C15H30IN3O. The molecule has 0 amide bonds. The molecule has 0 atom stereocenters. The number of rotatable bonds is 5. The Morgan fingerprint density at radius 1 is 1.15 bits per heavy atom. The van der Waals surface area contributed by atoms with Gasteiger partial charge in [-0.15, -0.1) is 24.0 Å². The Labute approximate surface area is 140 Å². The molecule has 0 bridgehead atoms. The van der Waals surface area contributed by atoms with E-state index in [1.807, 2.05) is 7.11 Å². The van der Waals surface area contributed by atoms with Crippen LogP contribution in [0.15, 0.2) is 4.99 Å². The third-order valence-corrected chi connectivity index (χ3v) is 4.65. The fraction of sp³-hybridized carbons (Fsp3) is 0.933. The van der Waals surface area contributed by atoms with E-state index >= 15 is 0 Å². The van der Waals surface area contributed by atoms with Crippen LogP contribution in [0.2, 0.25) is 0 Å². The summed E-state index contributed by atoms with van der Waals surface area (Å²) >= 11 is 0. The van der Waals surface area contributed by atoms with Gasteiger partial charge in [-0.3, -0.25) is 4.99 Å². The lowest BCUT2D eigenvalue weighted by Gasteiger charge is -2.27. The van der Waals surface area contributed by atoms with Gasteiger partial charge in [-0.05, 0) is 50.9 Å². The van der Waals surface area contributed by atoms with Crippen LogP contribution in [0.4, 0.5) is 0 Å². The quantitative estimate of drug-likeness (QED) is 0.427. The van der Waals surface area contributed by atoms with E-state index in [1.54, 1.807) is 0 Å². The average Bonchev–Trinajstić information content (AvgIpc) is 2.92. The second kappa shape index (κ2) is 9.82. The molecule has 2 fully saturated rings. The number of nitrogens with zero attached hydrogens (tertiary/aromatic N) is 1. The first-order chi connectivity index (χ1) is 9.28. The Bertz CT molecular complexity index is 285. The fourth-order valence-corrected chi connectivity index (χ4v) is 3.35. The summed E-state index contributed by atoms with van der Waals surface area (Å²) in [6, 6.07) is 0.570. The van der Waals surface area contributed by atoms with E-state index < -0.39 is 0 Å². The van der Waals surface area contributed by atoms with Crippen molar-refractivity contribution in [3.05, 3.63) is 0 Å². The van der Waals surface area contributed by atoms with Gasteiger partial charge in [-0.25, -0.2) is 0 Å². The SMILES string of the molecule is COC1CCC(CCN=C(N)NC2CCCC2)CC1.I. The van der Waals surface area contributed by atoms with Crippen molar-refractivity contribution in [1.29, 1.82) is 0 Å². The lowest BCUT2D eigenvalue weighted by molar-refractivity contribution is 0.0559. The summed E-state index contributed by atoms with van der Waals surface area (Å²) in [5, 5.41) is 3.34. The predicted octanol–water partition coefficient (Wildman–Crippen LogP) is 3.05. The first kappa shape index (κ1) is 18.0. The van der Waals surface area contributed by atoms with Gasteiger partial charge in [-0.1, -0.05) is 12.8 Å². The van der Waals surface area contributed by atoms with Gasteiger partial charge in [0.1, 0.15) is 0 Å². The number of hydrogen-bond acceptors (Lipinski definition) is 2. The Kier molecular flexibility index (Phi) is 8.84. The monoisotopic (exact) mass is 395 g/mol. The van der Waals surface area contributed by atoms with Crippen molar-refractivity contribution < 1.29 is 4.74 Å². The van der Waals surface area contributed by atoms with Gasteiger partial charge in [0, 0.05) is 19.7 Å². The maximum absolute atomic E-state index is 5.93. The highest BCUT2D eigenvalue weighted by molar-refractivity contribution is 14.0. The van der Waals surface area contributed by atoms with E-state index in [9.17, 15) is 0 Å². The summed E-state index contributed by atoms with van der Waals surface area (Å²) in [5.41, 5.74) is 5.93. The molecule has 5 heteroatoms. The lowest BCUT2D eigenvalue weighted by Crippen LogP contribution is -2.38. The number of guanidine groups is 1. The number of nitrogens with two attached hydrogens (primary N) is 1. The van der Waals surface area contributed by atoms with Crippen LogP contribution in [-0.4, -0.2) is 31.8 Å². The largest absolute Gasteiger partial charge is 0.381 e. The van der Waals surface area contributed by atoms with E-state index in [2.05, 4.69) is 10.3 Å². The Hall–Kier alpha value is -0.0400. The van der Waals surface area contributed by atoms with Gasteiger partial charge in [0.2, 0.25) is 0 Å². The molecule has 0 aromatic carbocycles. The van der Waals surface area contributed by atoms with Crippen LogP contribution in [0, 0.1) is 5.92 Å². The van der Waals surface area contributed by atoms with E-state index in [1.165, 1.54) is 57.8 Å². The summed E-state index contributed by atoms with van der Waals surface area (Å²) in [7, 11) is 1.82. The van der Waals surface area contributed by atoms with Gasteiger partial charge in [-0.2, -0.15) is 0 Å². The van der Waals surface area contributed by atoms with Crippen LogP contribution in [-0.2, 0) is 4.74 Å².